The first-order valence-electron chi connectivity index (χ1n) is 5.18. The highest BCUT2D eigenvalue weighted by Gasteiger charge is 2.12. The van der Waals surface area contributed by atoms with Gasteiger partial charge in [-0.05, 0) is 18.2 Å². The summed E-state index contributed by atoms with van der Waals surface area (Å²) in [7, 11) is 1.66. The number of carboxylic acid groups (broad SMARTS) is 1. The van der Waals surface area contributed by atoms with E-state index in [1.807, 2.05) is 0 Å². The Bertz CT molecular complexity index is 612. The minimum Gasteiger partial charge on any atom is -0.481 e. The van der Waals surface area contributed by atoms with Gasteiger partial charge in [0.1, 0.15) is 5.82 Å². The summed E-state index contributed by atoms with van der Waals surface area (Å²) in [6.45, 7) is 0. The van der Waals surface area contributed by atoms with Crippen LogP contribution in [0.1, 0.15) is 0 Å². The second-order valence-electron chi connectivity index (χ2n) is 3.68. The molecule has 19 heavy (non-hydrogen) atoms. The number of benzene rings is 1. The maximum atomic E-state index is 13.3. The number of aliphatic carboxylic acids is 1. The summed E-state index contributed by atoms with van der Waals surface area (Å²) in [6.07, 6.45) is 0. The van der Waals surface area contributed by atoms with Gasteiger partial charge in [0, 0.05) is 17.1 Å². The van der Waals surface area contributed by atoms with Crippen molar-refractivity contribution >= 4 is 33.7 Å². The third-order valence-electron chi connectivity index (χ3n) is 2.17. The maximum absolute atomic E-state index is 13.3. The molecule has 1 aromatic heterocycles. The maximum Gasteiger partial charge on any atom is 0.313 e. The van der Waals surface area contributed by atoms with Gasteiger partial charge in [0.2, 0.25) is 0 Å². The molecule has 0 bridgehead atoms. The number of hydrogen-bond donors (Lipinski definition) is 1. The van der Waals surface area contributed by atoms with Crippen LogP contribution in [0.2, 0.25) is 0 Å². The molecule has 0 spiro atoms. The minimum atomic E-state index is -0.928. The molecular formula is C11H9BrFN3O2S. The molecule has 0 fully saturated rings. The van der Waals surface area contributed by atoms with Crippen molar-refractivity contribution in [3.05, 3.63) is 28.5 Å². The van der Waals surface area contributed by atoms with Crippen molar-refractivity contribution in [2.24, 2.45) is 7.05 Å². The van der Waals surface area contributed by atoms with Crippen molar-refractivity contribution in [3.63, 3.8) is 0 Å². The van der Waals surface area contributed by atoms with E-state index in [0.29, 0.717) is 21.0 Å². The zero-order valence-electron chi connectivity index (χ0n) is 9.80. The van der Waals surface area contributed by atoms with Crippen LogP contribution in [0.25, 0.3) is 11.4 Å². The van der Waals surface area contributed by atoms with Gasteiger partial charge < -0.3 is 5.11 Å². The molecule has 1 aromatic carbocycles. The Morgan fingerprint density at radius 2 is 2.26 bits per heavy atom. The molecule has 100 valence electrons. The zero-order valence-corrected chi connectivity index (χ0v) is 12.2. The Labute approximate surface area is 121 Å². The SMILES string of the molecule is Cn1nc(-c2cc(F)cc(Br)c2)nc1SCC(=O)O. The predicted molar refractivity (Wildman–Crippen MR) is 72.5 cm³/mol. The van der Waals surface area contributed by atoms with E-state index in [1.54, 1.807) is 13.1 Å². The lowest BCUT2D eigenvalue weighted by molar-refractivity contribution is -0.133. The standard InChI is InChI=1S/C11H9BrFN3O2S/c1-16-11(19-5-9(17)18)14-10(15-16)6-2-7(12)4-8(13)3-6/h2-4H,5H2,1H3,(H,17,18). The van der Waals surface area contributed by atoms with E-state index in [2.05, 4.69) is 26.0 Å². The summed E-state index contributed by atoms with van der Waals surface area (Å²) in [5, 5.41) is 13.2. The van der Waals surface area contributed by atoms with Crippen LogP contribution >= 0.6 is 27.7 Å². The van der Waals surface area contributed by atoms with Gasteiger partial charge in [-0.1, -0.05) is 27.7 Å². The lowest BCUT2D eigenvalue weighted by Crippen LogP contribution is -2.00. The molecule has 0 aliphatic heterocycles. The minimum absolute atomic E-state index is 0.0984. The first-order chi connectivity index (χ1) is 8.95. The van der Waals surface area contributed by atoms with Gasteiger partial charge in [0.15, 0.2) is 11.0 Å². The molecule has 2 aromatic rings. The Morgan fingerprint density at radius 3 is 2.89 bits per heavy atom. The third-order valence-corrected chi connectivity index (χ3v) is 3.63. The molecule has 0 radical (unpaired) electrons. The number of hydrogen-bond acceptors (Lipinski definition) is 4. The highest BCUT2D eigenvalue weighted by atomic mass is 79.9. The molecule has 0 atom stereocenters. The van der Waals surface area contributed by atoms with Gasteiger partial charge in [-0.3, -0.25) is 4.79 Å². The number of aryl methyl sites for hydroxylation is 1. The number of nitrogens with zero attached hydrogens (tertiary/aromatic N) is 3. The number of rotatable bonds is 4. The van der Waals surface area contributed by atoms with Crippen LogP contribution in [0.3, 0.4) is 0 Å². The van der Waals surface area contributed by atoms with Crippen molar-refractivity contribution in [1.82, 2.24) is 14.8 Å². The van der Waals surface area contributed by atoms with E-state index < -0.39 is 11.8 Å². The number of thioether (sulfide) groups is 1. The Morgan fingerprint density at radius 1 is 1.53 bits per heavy atom. The van der Waals surface area contributed by atoms with E-state index in [4.69, 9.17) is 5.11 Å². The van der Waals surface area contributed by atoms with Gasteiger partial charge in [-0.15, -0.1) is 0 Å². The molecule has 1 heterocycles. The summed E-state index contributed by atoms with van der Waals surface area (Å²) in [4.78, 5) is 14.7. The number of carbonyl (C=O) groups is 1. The van der Waals surface area contributed by atoms with Gasteiger partial charge in [-0.25, -0.2) is 14.1 Å². The summed E-state index contributed by atoms with van der Waals surface area (Å²) in [5.74, 6) is -1.06. The average molecular weight is 346 g/mol. The second kappa shape index (κ2) is 5.70. The fourth-order valence-electron chi connectivity index (χ4n) is 1.43. The first kappa shape index (κ1) is 14.0. The molecule has 0 aliphatic carbocycles. The Kier molecular flexibility index (Phi) is 4.20. The molecular weight excluding hydrogens is 337 g/mol. The quantitative estimate of drug-likeness (QED) is 0.862. The Hall–Kier alpha value is -1.41. The zero-order chi connectivity index (χ0) is 14.0. The van der Waals surface area contributed by atoms with Crippen LogP contribution in [0.4, 0.5) is 4.39 Å². The fourth-order valence-corrected chi connectivity index (χ4v) is 2.52. The van der Waals surface area contributed by atoms with E-state index in [9.17, 15) is 9.18 Å². The number of aromatic nitrogens is 3. The van der Waals surface area contributed by atoms with Gasteiger partial charge >= 0.3 is 5.97 Å². The van der Waals surface area contributed by atoms with Crippen LogP contribution < -0.4 is 0 Å². The molecule has 5 nitrogen and oxygen atoms in total. The lowest BCUT2D eigenvalue weighted by Gasteiger charge is -1.97. The Balaban J connectivity index is 2.30. The monoisotopic (exact) mass is 345 g/mol. The molecule has 0 aliphatic rings. The smallest absolute Gasteiger partial charge is 0.313 e. The predicted octanol–water partition coefficient (Wildman–Crippen LogP) is 2.56. The van der Waals surface area contributed by atoms with Crippen molar-refractivity contribution in [2.45, 2.75) is 5.16 Å². The highest BCUT2D eigenvalue weighted by molar-refractivity contribution is 9.10. The van der Waals surface area contributed by atoms with E-state index in [1.165, 1.54) is 16.8 Å². The van der Waals surface area contributed by atoms with Crippen molar-refractivity contribution < 1.29 is 14.3 Å². The summed E-state index contributed by atoms with van der Waals surface area (Å²) in [6, 6.07) is 4.36. The topological polar surface area (TPSA) is 68.0 Å². The van der Waals surface area contributed by atoms with Crippen LogP contribution in [0.15, 0.2) is 27.8 Å². The summed E-state index contributed by atoms with van der Waals surface area (Å²) in [5.41, 5.74) is 0.532. The lowest BCUT2D eigenvalue weighted by atomic mass is 10.2. The molecule has 0 saturated heterocycles. The van der Waals surface area contributed by atoms with E-state index in [0.717, 1.165) is 11.8 Å². The first-order valence-corrected chi connectivity index (χ1v) is 6.95. The van der Waals surface area contributed by atoms with Crippen LogP contribution in [-0.4, -0.2) is 31.6 Å². The molecule has 1 N–H and O–H groups in total. The van der Waals surface area contributed by atoms with Crippen LogP contribution in [0.5, 0.6) is 0 Å². The fraction of sp³-hybridized carbons (Fsp3) is 0.182. The largest absolute Gasteiger partial charge is 0.481 e. The second-order valence-corrected chi connectivity index (χ2v) is 5.54. The molecule has 0 saturated carbocycles. The average Bonchev–Trinajstić information content (AvgIpc) is 2.67. The van der Waals surface area contributed by atoms with Crippen LogP contribution in [-0.2, 0) is 11.8 Å². The van der Waals surface area contributed by atoms with E-state index in [-0.39, 0.29) is 5.75 Å². The van der Waals surface area contributed by atoms with Crippen LogP contribution in [0, 0.1) is 5.82 Å². The van der Waals surface area contributed by atoms with Crippen molar-refractivity contribution in [2.75, 3.05) is 5.75 Å². The molecule has 2 rings (SSSR count). The summed E-state index contributed by atoms with van der Waals surface area (Å²) >= 11 is 4.26. The van der Waals surface area contributed by atoms with Gasteiger partial charge in [0.05, 0.1) is 5.75 Å². The van der Waals surface area contributed by atoms with Crippen molar-refractivity contribution in [1.29, 1.82) is 0 Å². The number of carboxylic acids is 1. The molecule has 0 unspecified atom stereocenters. The highest BCUT2D eigenvalue weighted by Crippen LogP contribution is 2.24. The third kappa shape index (κ3) is 3.54. The van der Waals surface area contributed by atoms with E-state index >= 15 is 0 Å². The number of halogens is 2. The summed E-state index contributed by atoms with van der Waals surface area (Å²) < 4.78 is 15.4. The van der Waals surface area contributed by atoms with Crippen molar-refractivity contribution in [3.8, 4) is 11.4 Å². The normalized spacial score (nSPS) is 10.7. The molecule has 8 heteroatoms. The van der Waals surface area contributed by atoms with Gasteiger partial charge in [0.25, 0.3) is 0 Å². The molecule has 0 amide bonds. The van der Waals surface area contributed by atoms with Gasteiger partial charge in [-0.2, -0.15) is 5.10 Å².